The van der Waals surface area contributed by atoms with Gasteiger partial charge in [-0.1, -0.05) is 17.3 Å². The third-order valence-corrected chi connectivity index (χ3v) is 10.8. The molecule has 0 N–H and O–H groups in total. The van der Waals surface area contributed by atoms with Crippen molar-refractivity contribution >= 4 is 27.3 Å². The molecule has 3 aliphatic rings. The topological polar surface area (TPSA) is 101 Å². The summed E-state index contributed by atoms with van der Waals surface area (Å²) in [6.07, 6.45) is 7.41. The fourth-order valence-electron chi connectivity index (χ4n) is 6.43. The summed E-state index contributed by atoms with van der Waals surface area (Å²) in [5.41, 5.74) is 5.33. The Balaban J connectivity index is 1.15. The lowest BCUT2D eigenvalue weighted by atomic mass is 9.85. The van der Waals surface area contributed by atoms with E-state index in [1.807, 2.05) is 35.2 Å². The lowest BCUT2D eigenvalue weighted by Gasteiger charge is -2.37. The maximum atomic E-state index is 14.0. The molecule has 1 spiro atoms. The van der Waals surface area contributed by atoms with E-state index in [-0.39, 0.29) is 17.9 Å². The van der Waals surface area contributed by atoms with Crippen molar-refractivity contribution in [2.45, 2.75) is 62.9 Å². The van der Waals surface area contributed by atoms with E-state index in [9.17, 15) is 13.2 Å². The van der Waals surface area contributed by atoms with E-state index in [0.717, 1.165) is 41.7 Å². The van der Waals surface area contributed by atoms with E-state index in [1.165, 1.54) is 4.31 Å². The first kappa shape index (κ1) is 28.2. The summed E-state index contributed by atoms with van der Waals surface area (Å²) in [7, 11) is -2.24. The predicted octanol–water partition coefficient (Wildman–Crippen LogP) is 4.58. The van der Waals surface area contributed by atoms with Crippen LogP contribution in [-0.4, -0.2) is 62.3 Å². The van der Waals surface area contributed by atoms with Crippen LogP contribution in [0.5, 0.6) is 5.75 Å². The third kappa shape index (κ3) is 5.24. The van der Waals surface area contributed by atoms with Crippen molar-refractivity contribution in [1.82, 2.24) is 9.88 Å². The third-order valence-electron chi connectivity index (χ3n) is 8.68. The number of ether oxygens (including phenoxy) is 1. The molecule has 0 aliphatic carbocycles. The van der Waals surface area contributed by atoms with Gasteiger partial charge >= 0.3 is 0 Å². The number of oxime groups is 1. The minimum absolute atomic E-state index is 0.0325. The second-order valence-electron chi connectivity index (χ2n) is 11.5. The van der Waals surface area contributed by atoms with Gasteiger partial charge < -0.3 is 14.5 Å². The Morgan fingerprint density at radius 2 is 1.74 bits per heavy atom. The maximum Gasteiger partial charge on any atom is 0.264 e. The molecule has 9 nitrogen and oxygen atoms in total. The normalized spacial score (nSPS) is 17.9. The van der Waals surface area contributed by atoms with E-state index < -0.39 is 10.0 Å². The number of carbonyl (C=O) groups is 1. The van der Waals surface area contributed by atoms with Gasteiger partial charge in [-0.2, -0.15) is 0 Å². The number of carbonyl (C=O) groups excluding carboxylic acids is 1. The molecule has 10 heteroatoms. The Hall–Kier alpha value is -3.92. The van der Waals surface area contributed by atoms with Crippen LogP contribution in [0.15, 0.2) is 64.9 Å². The SMILES string of the molecule is COc1cc(C)c(S(=O)(=O)N2CCCc3ccc(CC(=O)N4CCC5(CC4)CC(c4ccncc4)=NO5)cc32)c(C)c1. The molecule has 220 valence electrons. The van der Waals surface area contributed by atoms with E-state index >= 15 is 0 Å². The molecule has 0 saturated carbocycles. The summed E-state index contributed by atoms with van der Waals surface area (Å²) >= 11 is 0. The number of pyridine rings is 1. The van der Waals surface area contributed by atoms with Gasteiger partial charge in [0.05, 0.1) is 29.8 Å². The minimum atomic E-state index is -3.81. The van der Waals surface area contributed by atoms with Gasteiger partial charge in [0.1, 0.15) is 11.4 Å². The van der Waals surface area contributed by atoms with Gasteiger partial charge in [0.15, 0.2) is 0 Å². The molecule has 4 heterocycles. The number of hydrogen-bond donors (Lipinski definition) is 0. The molecule has 0 unspecified atom stereocenters. The zero-order valence-corrected chi connectivity index (χ0v) is 25.1. The Kier molecular flexibility index (Phi) is 7.43. The lowest BCUT2D eigenvalue weighted by Crippen LogP contribution is -2.47. The maximum absolute atomic E-state index is 14.0. The number of aryl methyl sites for hydroxylation is 3. The number of aromatic nitrogens is 1. The van der Waals surface area contributed by atoms with Crippen molar-refractivity contribution in [3.63, 3.8) is 0 Å². The fraction of sp³-hybridized carbons (Fsp3) is 0.406. The molecule has 1 amide bonds. The van der Waals surface area contributed by atoms with Crippen LogP contribution in [0.1, 0.15) is 53.5 Å². The van der Waals surface area contributed by atoms with Crippen LogP contribution in [0.4, 0.5) is 5.69 Å². The molecule has 1 aromatic heterocycles. The number of hydrogen-bond acceptors (Lipinski definition) is 7. The molecule has 2 aromatic carbocycles. The van der Waals surface area contributed by atoms with Crippen molar-refractivity contribution in [1.29, 1.82) is 0 Å². The summed E-state index contributed by atoms with van der Waals surface area (Å²) in [5.74, 6) is 0.666. The van der Waals surface area contributed by atoms with Gasteiger partial charge in [0.25, 0.3) is 10.0 Å². The highest BCUT2D eigenvalue weighted by Gasteiger charge is 2.43. The zero-order valence-electron chi connectivity index (χ0n) is 24.3. The molecule has 0 bridgehead atoms. The standard InChI is InChI=1S/C32H36N4O5S/c1-22-17-27(40-3)18-23(2)31(22)42(38,39)36-14-4-5-26-7-6-24(19-29(26)36)20-30(37)35-15-10-32(11-16-35)21-28(34-41-32)25-8-12-33-13-9-25/h6-9,12-13,17-19H,4-5,10-11,14-16,20-21H2,1-3H3. The van der Waals surface area contributed by atoms with Crippen LogP contribution in [-0.2, 0) is 32.5 Å². The number of methoxy groups -OCH3 is 1. The molecular weight excluding hydrogens is 552 g/mol. The number of anilines is 1. The van der Waals surface area contributed by atoms with Gasteiger partial charge in [-0.3, -0.25) is 14.1 Å². The van der Waals surface area contributed by atoms with Crippen LogP contribution < -0.4 is 9.04 Å². The van der Waals surface area contributed by atoms with Crippen LogP contribution in [0.25, 0.3) is 0 Å². The monoisotopic (exact) mass is 588 g/mol. The van der Waals surface area contributed by atoms with Crippen molar-refractivity contribution in [3.8, 4) is 5.75 Å². The second-order valence-corrected chi connectivity index (χ2v) is 13.3. The van der Waals surface area contributed by atoms with Crippen LogP contribution in [0.2, 0.25) is 0 Å². The molecule has 0 radical (unpaired) electrons. The Labute approximate surface area is 247 Å². The number of fused-ring (bicyclic) bond motifs is 1. The number of benzene rings is 2. The molecular formula is C32H36N4O5S. The number of sulfonamides is 1. The molecule has 3 aromatic rings. The van der Waals surface area contributed by atoms with Crippen molar-refractivity contribution < 1.29 is 22.8 Å². The van der Waals surface area contributed by atoms with Crippen molar-refractivity contribution in [2.75, 3.05) is 31.0 Å². The first-order valence-electron chi connectivity index (χ1n) is 14.4. The van der Waals surface area contributed by atoms with Gasteiger partial charge in [-0.05, 0) is 79.3 Å². The summed E-state index contributed by atoms with van der Waals surface area (Å²) in [4.78, 5) is 25.6. The summed E-state index contributed by atoms with van der Waals surface area (Å²) in [5, 5.41) is 4.36. The Bertz CT molecular complexity index is 1620. The summed E-state index contributed by atoms with van der Waals surface area (Å²) in [6, 6.07) is 13.2. The van der Waals surface area contributed by atoms with E-state index in [0.29, 0.717) is 59.9 Å². The highest BCUT2D eigenvalue weighted by Crippen LogP contribution is 2.38. The number of rotatable bonds is 6. The first-order valence-corrected chi connectivity index (χ1v) is 15.9. The molecule has 3 aliphatic heterocycles. The van der Waals surface area contributed by atoms with E-state index in [1.54, 1.807) is 45.5 Å². The molecule has 6 rings (SSSR count). The van der Waals surface area contributed by atoms with Gasteiger partial charge in [0.2, 0.25) is 5.91 Å². The summed E-state index contributed by atoms with van der Waals surface area (Å²) in [6.45, 7) is 5.19. The Morgan fingerprint density at radius 3 is 2.43 bits per heavy atom. The minimum Gasteiger partial charge on any atom is -0.497 e. The first-order chi connectivity index (χ1) is 20.2. The van der Waals surface area contributed by atoms with Crippen LogP contribution >= 0.6 is 0 Å². The largest absolute Gasteiger partial charge is 0.497 e. The van der Waals surface area contributed by atoms with Crippen LogP contribution in [0, 0.1) is 13.8 Å². The van der Waals surface area contributed by atoms with E-state index in [2.05, 4.69) is 10.1 Å². The summed E-state index contributed by atoms with van der Waals surface area (Å²) < 4.78 is 34.8. The van der Waals surface area contributed by atoms with Crippen molar-refractivity contribution in [3.05, 3.63) is 82.7 Å². The second kappa shape index (κ2) is 11.1. The quantitative estimate of drug-likeness (QED) is 0.418. The van der Waals surface area contributed by atoms with Gasteiger partial charge in [0, 0.05) is 56.9 Å². The van der Waals surface area contributed by atoms with Crippen LogP contribution in [0.3, 0.4) is 0 Å². The van der Waals surface area contributed by atoms with Gasteiger partial charge in [-0.15, -0.1) is 0 Å². The average Bonchev–Trinajstić information content (AvgIpc) is 3.40. The predicted molar refractivity (Wildman–Crippen MR) is 160 cm³/mol. The zero-order chi connectivity index (χ0) is 29.5. The average molecular weight is 589 g/mol. The number of nitrogens with zero attached hydrogens (tertiary/aromatic N) is 4. The van der Waals surface area contributed by atoms with E-state index in [4.69, 9.17) is 9.57 Å². The molecule has 0 atom stereocenters. The number of likely N-dealkylation sites (tertiary alicyclic amines) is 1. The lowest BCUT2D eigenvalue weighted by molar-refractivity contribution is -0.136. The highest BCUT2D eigenvalue weighted by molar-refractivity contribution is 7.93. The molecule has 1 saturated heterocycles. The van der Waals surface area contributed by atoms with Crippen molar-refractivity contribution in [2.24, 2.45) is 5.16 Å². The molecule has 1 fully saturated rings. The number of amides is 1. The van der Waals surface area contributed by atoms with Gasteiger partial charge in [-0.25, -0.2) is 8.42 Å². The Morgan fingerprint density at radius 1 is 1.02 bits per heavy atom. The smallest absolute Gasteiger partial charge is 0.264 e. The number of piperidine rings is 1. The highest BCUT2D eigenvalue weighted by atomic mass is 32.2. The fourth-order valence-corrected chi connectivity index (χ4v) is 8.38. The molecule has 42 heavy (non-hydrogen) atoms.